The molecule has 0 fully saturated rings. The molecule has 1 amide bonds. The number of hydrogen-bond donors (Lipinski definition) is 2. The number of carbonyl (C=O) groups excluding carboxylic acids is 1. The van der Waals surface area contributed by atoms with Crippen molar-refractivity contribution in [2.45, 2.75) is 45.4 Å². The first-order valence-corrected chi connectivity index (χ1v) is 10.5. The molecule has 26 heavy (non-hydrogen) atoms. The molecule has 0 aliphatic rings. The van der Waals surface area contributed by atoms with Crippen molar-refractivity contribution in [1.29, 1.82) is 0 Å². The first kappa shape index (κ1) is 19.0. The fourth-order valence-corrected chi connectivity index (χ4v) is 4.35. The van der Waals surface area contributed by atoms with Gasteiger partial charge in [0.05, 0.1) is 11.0 Å². The molecule has 1 aromatic carbocycles. The van der Waals surface area contributed by atoms with Crippen LogP contribution in [0.25, 0.3) is 11.0 Å². The summed E-state index contributed by atoms with van der Waals surface area (Å²) >= 11 is 4.91. The minimum absolute atomic E-state index is 0.0760. The second-order valence-electron chi connectivity index (χ2n) is 6.60. The molecular formula is C19H23BrN4OS. The molecule has 7 heteroatoms. The number of para-hydroxylation sites is 2. The Balaban J connectivity index is 1.39. The van der Waals surface area contributed by atoms with E-state index in [0.29, 0.717) is 18.2 Å². The molecule has 2 aromatic heterocycles. The van der Waals surface area contributed by atoms with Crippen molar-refractivity contribution >= 4 is 44.2 Å². The number of amides is 1. The molecule has 0 aliphatic carbocycles. The van der Waals surface area contributed by atoms with Gasteiger partial charge in [0, 0.05) is 17.8 Å². The summed E-state index contributed by atoms with van der Waals surface area (Å²) in [5.74, 6) is 1.25. The highest BCUT2D eigenvalue weighted by atomic mass is 79.9. The van der Waals surface area contributed by atoms with Gasteiger partial charge in [-0.2, -0.15) is 0 Å². The van der Waals surface area contributed by atoms with E-state index in [1.165, 1.54) is 11.3 Å². The lowest BCUT2D eigenvalue weighted by Gasteiger charge is -2.06. The van der Waals surface area contributed by atoms with Crippen LogP contribution in [0.5, 0.6) is 0 Å². The number of benzene rings is 1. The highest BCUT2D eigenvalue weighted by Crippen LogP contribution is 2.29. The predicted molar refractivity (Wildman–Crippen MR) is 110 cm³/mol. The van der Waals surface area contributed by atoms with Crippen LogP contribution >= 0.6 is 27.3 Å². The number of aromatic nitrogens is 3. The second kappa shape index (κ2) is 8.77. The Morgan fingerprint density at radius 1 is 1.23 bits per heavy atom. The Labute approximate surface area is 165 Å². The van der Waals surface area contributed by atoms with Gasteiger partial charge in [0.1, 0.15) is 11.5 Å². The first-order chi connectivity index (χ1) is 12.5. The largest absolute Gasteiger partial charge is 0.351 e. The van der Waals surface area contributed by atoms with E-state index >= 15 is 0 Å². The summed E-state index contributed by atoms with van der Waals surface area (Å²) in [5.41, 5.74) is 2.66. The lowest BCUT2D eigenvalue weighted by atomic mass is 10.1. The van der Waals surface area contributed by atoms with E-state index in [1.54, 1.807) is 0 Å². The van der Waals surface area contributed by atoms with Crippen LogP contribution in [0.3, 0.4) is 0 Å². The third-order valence-electron chi connectivity index (χ3n) is 4.18. The normalized spacial score (nSPS) is 11.4. The van der Waals surface area contributed by atoms with Gasteiger partial charge in [-0.15, -0.1) is 11.3 Å². The SMILES string of the molecule is CC(C)c1sc(Br)nc1C(=O)NCCCCCc1nc2ccccc2[nH]1. The number of nitrogens with zero attached hydrogens (tertiary/aromatic N) is 2. The van der Waals surface area contributed by atoms with Crippen LogP contribution in [0.1, 0.15) is 60.2 Å². The van der Waals surface area contributed by atoms with Crippen LogP contribution in [0.4, 0.5) is 0 Å². The van der Waals surface area contributed by atoms with Crippen molar-refractivity contribution in [3.63, 3.8) is 0 Å². The van der Waals surface area contributed by atoms with Crippen molar-refractivity contribution in [2.24, 2.45) is 0 Å². The molecule has 0 atom stereocenters. The number of unbranched alkanes of at least 4 members (excludes halogenated alkanes) is 2. The van der Waals surface area contributed by atoms with Gasteiger partial charge < -0.3 is 10.3 Å². The molecule has 0 aliphatic heterocycles. The van der Waals surface area contributed by atoms with Crippen molar-refractivity contribution in [3.05, 3.63) is 44.6 Å². The smallest absolute Gasteiger partial charge is 0.271 e. The summed E-state index contributed by atoms with van der Waals surface area (Å²) in [7, 11) is 0. The molecule has 138 valence electrons. The quantitative estimate of drug-likeness (QED) is 0.487. The maximum Gasteiger partial charge on any atom is 0.271 e. The molecule has 2 heterocycles. The summed E-state index contributed by atoms with van der Waals surface area (Å²) in [5, 5.41) is 2.99. The van der Waals surface area contributed by atoms with Crippen LogP contribution in [0.15, 0.2) is 28.2 Å². The average Bonchev–Trinajstić information content (AvgIpc) is 3.20. The number of carbonyl (C=O) groups is 1. The maximum atomic E-state index is 12.3. The average molecular weight is 435 g/mol. The van der Waals surface area contributed by atoms with Crippen molar-refractivity contribution in [3.8, 4) is 0 Å². The number of H-pyrrole nitrogens is 1. The van der Waals surface area contributed by atoms with Gasteiger partial charge in [-0.1, -0.05) is 32.4 Å². The van der Waals surface area contributed by atoms with Crippen molar-refractivity contribution in [1.82, 2.24) is 20.3 Å². The van der Waals surface area contributed by atoms with Crippen molar-refractivity contribution < 1.29 is 4.79 Å². The van der Waals surface area contributed by atoms with Crippen LogP contribution in [0.2, 0.25) is 0 Å². The molecule has 3 aromatic rings. The molecule has 0 radical (unpaired) electrons. The molecular weight excluding hydrogens is 412 g/mol. The zero-order valence-electron chi connectivity index (χ0n) is 15.0. The van der Waals surface area contributed by atoms with Crippen molar-refractivity contribution in [2.75, 3.05) is 6.54 Å². The predicted octanol–water partition coefficient (Wildman–Crippen LogP) is 5.05. The molecule has 0 unspecified atom stereocenters. The lowest BCUT2D eigenvalue weighted by Crippen LogP contribution is -2.25. The van der Waals surface area contributed by atoms with Gasteiger partial charge in [-0.05, 0) is 46.8 Å². The van der Waals surface area contributed by atoms with E-state index in [-0.39, 0.29) is 5.91 Å². The Morgan fingerprint density at radius 3 is 2.81 bits per heavy atom. The van der Waals surface area contributed by atoms with E-state index in [0.717, 1.165) is 51.3 Å². The van der Waals surface area contributed by atoms with Gasteiger partial charge in [-0.25, -0.2) is 9.97 Å². The number of fused-ring (bicyclic) bond motifs is 1. The third kappa shape index (κ3) is 4.71. The minimum atomic E-state index is -0.0760. The molecule has 0 saturated heterocycles. The molecule has 0 spiro atoms. The number of thiazole rings is 1. The maximum absolute atomic E-state index is 12.3. The molecule has 0 bridgehead atoms. The minimum Gasteiger partial charge on any atom is -0.351 e. The summed E-state index contributed by atoms with van der Waals surface area (Å²) in [6.45, 7) is 4.83. The summed E-state index contributed by atoms with van der Waals surface area (Å²) in [4.78, 5) is 25.6. The van der Waals surface area contributed by atoms with Gasteiger partial charge in [0.15, 0.2) is 3.92 Å². The van der Waals surface area contributed by atoms with Crippen LogP contribution in [-0.4, -0.2) is 27.4 Å². The zero-order chi connectivity index (χ0) is 18.5. The fourth-order valence-electron chi connectivity index (χ4n) is 2.86. The Hall–Kier alpha value is -1.73. The molecule has 5 nitrogen and oxygen atoms in total. The summed E-state index contributed by atoms with van der Waals surface area (Å²) < 4.78 is 0.761. The number of halogens is 1. The summed E-state index contributed by atoms with van der Waals surface area (Å²) in [6.07, 6.45) is 3.98. The number of aromatic amines is 1. The Kier molecular flexibility index (Phi) is 6.43. The highest BCUT2D eigenvalue weighted by molar-refractivity contribution is 9.11. The van der Waals surface area contributed by atoms with Crippen LogP contribution in [0, 0.1) is 0 Å². The molecule has 2 N–H and O–H groups in total. The number of aryl methyl sites for hydroxylation is 1. The number of rotatable bonds is 8. The second-order valence-corrected chi connectivity index (χ2v) is 8.91. The Bertz CT molecular complexity index is 854. The van der Waals surface area contributed by atoms with E-state index < -0.39 is 0 Å². The van der Waals surface area contributed by atoms with Gasteiger partial charge in [0.25, 0.3) is 5.91 Å². The van der Waals surface area contributed by atoms with E-state index in [2.05, 4.69) is 50.0 Å². The van der Waals surface area contributed by atoms with E-state index in [1.807, 2.05) is 24.3 Å². The van der Waals surface area contributed by atoms with Gasteiger partial charge in [-0.3, -0.25) is 4.79 Å². The van der Waals surface area contributed by atoms with Gasteiger partial charge in [0.2, 0.25) is 0 Å². The monoisotopic (exact) mass is 434 g/mol. The first-order valence-electron chi connectivity index (χ1n) is 8.92. The van der Waals surface area contributed by atoms with Crippen LogP contribution in [-0.2, 0) is 6.42 Å². The number of nitrogens with one attached hydrogen (secondary N) is 2. The topological polar surface area (TPSA) is 70.7 Å². The number of imidazole rings is 1. The Morgan fingerprint density at radius 2 is 2.04 bits per heavy atom. The van der Waals surface area contributed by atoms with E-state index in [9.17, 15) is 4.79 Å². The summed E-state index contributed by atoms with van der Waals surface area (Å²) in [6, 6.07) is 8.08. The standard InChI is InChI=1S/C19H23BrN4OS/c1-12(2)17-16(24-19(20)26-17)18(25)21-11-7-3-4-10-15-22-13-8-5-6-9-14(13)23-15/h5-6,8-9,12H,3-4,7,10-11H2,1-2H3,(H,21,25)(H,22,23). The third-order valence-corrected chi connectivity index (χ3v) is 5.99. The highest BCUT2D eigenvalue weighted by Gasteiger charge is 2.19. The molecule has 3 rings (SSSR count). The molecule has 0 saturated carbocycles. The number of hydrogen-bond acceptors (Lipinski definition) is 4. The fraction of sp³-hybridized carbons (Fsp3) is 0.421. The van der Waals surface area contributed by atoms with Crippen LogP contribution < -0.4 is 5.32 Å². The zero-order valence-corrected chi connectivity index (χ0v) is 17.4. The lowest BCUT2D eigenvalue weighted by molar-refractivity contribution is 0.0947. The van der Waals surface area contributed by atoms with Gasteiger partial charge >= 0.3 is 0 Å². The van der Waals surface area contributed by atoms with E-state index in [4.69, 9.17) is 0 Å².